The van der Waals surface area contributed by atoms with E-state index in [1.54, 1.807) is 46.2 Å². The van der Waals surface area contributed by atoms with Gasteiger partial charge in [0.25, 0.3) is 17.7 Å². The van der Waals surface area contributed by atoms with Crippen LogP contribution < -0.4 is 42.4 Å². The lowest BCUT2D eigenvalue weighted by Crippen LogP contribution is -2.61. The van der Waals surface area contributed by atoms with Crippen molar-refractivity contribution in [2.45, 2.75) is 156 Å². The molecule has 1 aliphatic heterocycles. The van der Waals surface area contributed by atoms with Crippen LogP contribution in [0.5, 0.6) is 0 Å². The van der Waals surface area contributed by atoms with Crippen LogP contribution in [0.2, 0.25) is 0 Å². The summed E-state index contributed by atoms with van der Waals surface area (Å²) < 4.78 is 28.9. The number of nitrogens with two attached hydrogens (primary N) is 1. The van der Waals surface area contributed by atoms with Gasteiger partial charge in [0.15, 0.2) is 0 Å². The Balaban J connectivity index is 1.63. The minimum atomic E-state index is -4.24. The van der Waals surface area contributed by atoms with Crippen LogP contribution in [0.25, 0.3) is 0 Å². The Morgan fingerprint density at radius 3 is 1.88 bits per heavy atom. The number of likely N-dealkylation sites (N-methyl/N-ethyl adjacent to an activating group) is 2. The van der Waals surface area contributed by atoms with Gasteiger partial charge < -0.3 is 42.5 Å². The van der Waals surface area contributed by atoms with Gasteiger partial charge in [-0.3, -0.25) is 43.3 Å². The molecule has 0 spiro atoms. The van der Waals surface area contributed by atoms with Crippen LogP contribution in [0.3, 0.4) is 0 Å². The Kier molecular flexibility index (Phi) is 24.9. The lowest BCUT2D eigenvalue weighted by Gasteiger charge is -2.40. The van der Waals surface area contributed by atoms with Crippen molar-refractivity contribution in [3.63, 3.8) is 0 Å². The third kappa shape index (κ3) is 20.1. The van der Waals surface area contributed by atoms with E-state index in [4.69, 9.17) is 5.73 Å². The number of hydrogen-bond donors (Lipinski definition) is 8. The maximum absolute atomic E-state index is 14.4. The first-order chi connectivity index (χ1) is 36.4. The first kappa shape index (κ1) is 65.3. The van der Waals surface area contributed by atoms with Crippen LogP contribution in [0, 0.1) is 17.3 Å². The molecule has 0 fully saturated rings. The Bertz CT molecular complexity index is 2590. The van der Waals surface area contributed by atoms with E-state index in [2.05, 4.69) is 36.6 Å². The average Bonchev–Trinajstić information content (AvgIpc) is 3.69. The standard InChI is InChI=1S/C56H84N10O11S/c1-35(2)42(65(12)53(74)48(55(6,7)8)63-52(73)47(58-11)56(9,10)40-20-15-13-16-21-40)32-37(5)49(70)64-78(76,77)34-39-26-24-38(25-27-39)33-60-50(71)41(22-19-30-59-54(57)75)61-51(72)46(36(3)4)62-43(67)23-17-14-18-31-66-44(68)28-29-45(66)69/h13,15-16,20-21,24-29,32,35-36,41-42,46-48,58H,14,17-19,22-23,30-31,33-34H2,1-12H3,(H,60,71)(H,61,72)(H,62,67)(H,63,73)(H,64,70)(H3,57,59,75)/b37-32+/t41-,42+,46-,47+,48+/m0/s1. The summed E-state index contributed by atoms with van der Waals surface area (Å²) in [4.78, 5) is 119. The largest absolute Gasteiger partial charge is 0.352 e. The number of amides is 10. The summed E-state index contributed by atoms with van der Waals surface area (Å²) in [7, 11) is -0.959. The zero-order chi connectivity index (χ0) is 58.7. The van der Waals surface area contributed by atoms with Crippen molar-refractivity contribution in [2.24, 2.45) is 23.0 Å². The third-order valence-corrected chi connectivity index (χ3v) is 14.8. The molecule has 10 amide bonds. The smallest absolute Gasteiger partial charge is 0.312 e. The van der Waals surface area contributed by atoms with Gasteiger partial charge in [0.1, 0.15) is 18.1 Å². The molecule has 3 rings (SSSR count). The molecule has 1 aliphatic rings. The fourth-order valence-electron chi connectivity index (χ4n) is 8.92. The van der Waals surface area contributed by atoms with Gasteiger partial charge in [-0.15, -0.1) is 0 Å². The number of nitrogens with one attached hydrogen (secondary N) is 7. The molecule has 0 saturated carbocycles. The highest BCUT2D eigenvalue weighted by Gasteiger charge is 2.42. The molecule has 0 aromatic heterocycles. The predicted molar refractivity (Wildman–Crippen MR) is 298 cm³/mol. The topological polar surface area (TPSA) is 304 Å². The summed E-state index contributed by atoms with van der Waals surface area (Å²) >= 11 is 0. The molecule has 2 aromatic carbocycles. The van der Waals surface area contributed by atoms with Gasteiger partial charge in [-0.1, -0.05) is 129 Å². The molecule has 78 heavy (non-hydrogen) atoms. The number of unbranched alkanes of at least 4 members (excludes halogenated alkanes) is 2. The van der Waals surface area contributed by atoms with E-state index in [1.807, 2.05) is 78.8 Å². The molecule has 0 bridgehead atoms. The molecule has 430 valence electrons. The third-order valence-electron chi connectivity index (χ3n) is 13.6. The Labute approximate surface area is 460 Å². The molecule has 0 radical (unpaired) electrons. The highest BCUT2D eigenvalue weighted by Crippen LogP contribution is 2.29. The van der Waals surface area contributed by atoms with E-state index in [1.165, 1.54) is 36.1 Å². The molecule has 22 heteroatoms. The number of imide groups is 1. The van der Waals surface area contributed by atoms with Gasteiger partial charge in [0.05, 0.1) is 17.8 Å². The monoisotopic (exact) mass is 1100 g/mol. The molecular weight excluding hydrogens is 1020 g/mol. The van der Waals surface area contributed by atoms with Crippen molar-refractivity contribution in [1.82, 2.24) is 46.4 Å². The van der Waals surface area contributed by atoms with Gasteiger partial charge in [-0.25, -0.2) is 17.9 Å². The molecule has 2 aromatic rings. The highest BCUT2D eigenvalue weighted by molar-refractivity contribution is 7.89. The number of primary amides is 1. The second-order valence-corrected chi connectivity index (χ2v) is 23.9. The lowest BCUT2D eigenvalue weighted by molar-refractivity contribution is -0.141. The lowest BCUT2D eigenvalue weighted by atomic mass is 9.76. The predicted octanol–water partition coefficient (Wildman–Crippen LogP) is 3.33. The van der Waals surface area contributed by atoms with E-state index in [-0.39, 0.29) is 79.9 Å². The summed E-state index contributed by atoms with van der Waals surface area (Å²) in [6, 6.07) is 10.7. The number of carbonyl (C=O) groups excluding carboxylic acids is 9. The Morgan fingerprint density at radius 2 is 1.33 bits per heavy atom. The number of rotatable bonds is 30. The number of sulfonamides is 1. The SMILES string of the molecule is CN[C@H](C(=O)N[C@H](C(=O)N(C)[C@H](/C=C(\C)C(=O)NS(=O)(=O)Cc1ccc(CNC(=O)[C@H](CCCNC(N)=O)NC(=O)[C@@H](NC(=O)CCCCCN2C(=O)C=CC2=O)C(C)C)cc1)C(C)C)C(C)(C)C)C(C)(C)c1ccccc1. The molecule has 5 atom stereocenters. The van der Waals surface area contributed by atoms with Gasteiger partial charge >= 0.3 is 6.03 Å². The maximum Gasteiger partial charge on any atom is 0.312 e. The van der Waals surface area contributed by atoms with Crippen molar-refractivity contribution >= 4 is 63.3 Å². The van der Waals surface area contributed by atoms with Gasteiger partial charge in [0.2, 0.25) is 39.6 Å². The van der Waals surface area contributed by atoms with E-state index in [9.17, 15) is 51.6 Å². The fraction of sp³-hybridized carbons (Fsp3) is 0.554. The van der Waals surface area contributed by atoms with Crippen molar-refractivity contribution in [3.05, 3.63) is 95.1 Å². The number of hydrogen-bond acceptors (Lipinski definition) is 12. The Hall–Kier alpha value is -6.94. The number of nitrogens with zero attached hydrogens (tertiary/aromatic N) is 2. The second-order valence-electron chi connectivity index (χ2n) is 22.1. The van der Waals surface area contributed by atoms with E-state index < -0.39 is 86.5 Å². The minimum Gasteiger partial charge on any atom is -0.352 e. The minimum absolute atomic E-state index is 0.0147. The Morgan fingerprint density at radius 1 is 0.731 bits per heavy atom. The number of urea groups is 1. The summed E-state index contributed by atoms with van der Waals surface area (Å²) in [6.07, 6.45) is 5.94. The average molecular weight is 1110 g/mol. The van der Waals surface area contributed by atoms with Crippen LogP contribution in [0.4, 0.5) is 4.79 Å². The van der Waals surface area contributed by atoms with Crippen molar-refractivity contribution in [3.8, 4) is 0 Å². The van der Waals surface area contributed by atoms with Crippen molar-refractivity contribution < 1.29 is 51.6 Å². The summed E-state index contributed by atoms with van der Waals surface area (Å²) in [5, 5.41) is 16.9. The first-order valence-corrected chi connectivity index (χ1v) is 28.1. The molecular formula is C56H84N10O11S. The van der Waals surface area contributed by atoms with E-state index in [0.717, 1.165) is 10.5 Å². The van der Waals surface area contributed by atoms with Gasteiger partial charge in [0, 0.05) is 56.2 Å². The molecule has 0 saturated heterocycles. The van der Waals surface area contributed by atoms with Crippen molar-refractivity contribution in [1.29, 1.82) is 0 Å². The fourth-order valence-corrected chi connectivity index (χ4v) is 10.1. The summed E-state index contributed by atoms with van der Waals surface area (Å²) in [5.74, 6) is -5.08. The van der Waals surface area contributed by atoms with E-state index in [0.29, 0.717) is 30.4 Å². The summed E-state index contributed by atoms with van der Waals surface area (Å²) in [5.41, 5.74) is 5.74. The number of benzene rings is 2. The molecule has 0 aliphatic carbocycles. The molecule has 0 unspecified atom stereocenters. The molecule has 9 N–H and O–H groups in total. The van der Waals surface area contributed by atoms with Crippen LogP contribution in [-0.4, -0.2) is 129 Å². The van der Waals surface area contributed by atoms with Gasteiger partial charge in [-0.05, 0) is 73.6 Å². The molecule has 1 heterocycles. The van der Waals surface area contributed by atoms with Crippen molar-refractivity contribution in [2.75, 3.05) is 27.2 Å². The van der Waals surface area contributed by atoms with Crippen LogP contribution in [0.1, 0.15) is 124 Å². The number of carbonyl (C=O) groups is 9. The van der Waals surface area contributed by atoms with Crippen LogP contribution in [0.15, 0.2) is 78.4 Å². The quantitative estimate of drug-likeness (QED) is 0.0318. The molecule has 21 nitrogen and oxygen atoms in total. The first-order valence-electron chi connectivity index (χ1n) is 26.4. The van der Waals surface area contributed by atoms with E-state index >= 15 is 0 Å². The van der Waals surface area contributed by atoms with Crippen LogP contribution >= 0.6 is 0 Å². The summed E-state index contributed by atoms with van der Waals surface area (Å²) in [6.45, 7) is 18.5. The van der Waals surface area contributed by atoms with Gasteiger partial charge in [-0.2, -0.15) is 0 Å². The highest BCUT2D eigenvalue weighted by atomic mass is 32.2. The normalized spacial score (nSPS) is 15.0. The maximum atomic E-state index is 14.4. The second kappa shape index (κ2) is 29.7. The zero-order valence-corrected chi connectivity index (χ0v) is 48.2. The van der Waals surface area contributed by atoms with Crippen LogP contribution in [-0.2, 0) is 66.1 Å². The zero-order valence-electron chi connectivity index (χ0n) is 47.4.